The average Bonchev–Trinajstić information content (AvgIpc) is 2.92. The summed E-state index contributed by atoms with van der Waals surface area (Å²) in [5, 5.41) is 2.52. The largest absolute Gasteiger partial charge is 0.418 e. The molecule has 0 radical (unpaired) electrons. The van der Waals surface area contributed by atoms with E-state index in [-0.39, 0.29) is 23.3 Å². The Labute approximate surface area is 121 Å². The number of nitrogens with two attached hydrogens (primary N) is 1. The Morgan fingerprint density at radius 3 is 2.52 bits per heavy atom. The molecule has 1 aliphatic rings. The summed E-state index contributed by atoms with van der Waals surface area (Å²) < 4.78 is 38.3. The Hall–Kier alpha value is -1.76. The molecule has 1 aliphatic heterocycles. The molecule has 2 rings (SSSR count). The molecule has 1 atom stereocenters. The normalized spacial score (nSPS) is 17.7. The van der Waals surface area contributed by atoms with Crippen molar-refractivity contribution in [2.24, 2.45) is 0 Å². The molecule has 3 N–H and O–H groups in total. The number of nitrogens with zero attached hydrogens (tertiary/aromatic N) is 1. The van der Waals surface area contributed by atoms with Crippen molar-refractivity contribution in [3.8, 4) is 0 Å². The third-order valence-electron chi connectivity index (χ3n) is 3.69. The molecule has 1 saturated heterocycles. The van der Waals surface area contributed by atoms with E-state index in [1.807, 2.05) is 4.90 Å². The van der Waals surface area contributed by atoms with Gasteiger partial charge in [-0.25, -0.2) is 0 Å². The predicted molar refractivity (Wildman–Crippen MR) is 74.8 cm³/mol. The van der Waals surface area contributed by atoms with Gasteiger partial charge in [-0.2, -0.15) is 13.2 Å². The highest BCUT2D eigenvalue weighted by Gasteiger charge is 2.33. The van der Waals surface area contributed by atoms with E-state index in [0.717, 1.165) is 38.1 Å². The second kappa shape index (κ2) is 5.93. The average molecular weight is 301 g/mol. The molecule has 116 valence electrons. The molecular weight excluding hydrogens is 283 g/mol. The van der Waals surface area contributed by atoms with Crippen molar-refractivity contribution in [3.63, 3.8) is 0 Å². The van der Waals surface area contributed by atoms with Crippen LogP contribution in [0, 0.1) is 0 Å². The van der Waals surface area contributed by atoms with Gasteiger partial charge in [-0.15, -0.1) is 0 Å². The minimum absolute atomic E-state index is 0.104. The SMILES string of the molecule is CC(C(=O)Nc1ccc(N)c(C(F)(F)F)c1)N1CCCC1. The zero-order chi connectivity index (χ0) is 15.6. The molecule has 0 spiro atoms. The van der Waals surface area contributed by atoms with Gasteiger partial charge in [0.25, 0.3) is 0 Å². The lowest BCUT2D eigenvalue weighted by molar-refractivity contribution is -0.137. The second-order valence-electron chi connectivity index (χ2n) is 5.21. The highest BCUT2D eigenvalue weighted by molar-refractivity contribution is 5.94. The van der Waals surface area contributed by atoms with Crippen LogP contribution in [-0.2, 0) is 11.0 Å². The number of hydrogen-bond donors (Lipinski definition) is 2. The third kappa shape index (κ3) is 3.66. The van der Waals surface area contributed by atoms with Crippen LogP contribution < -0.4 is 11.1 Å². The van der Waals surface area contributed by atoms with E-state index >= 15 is 0 Å². The van der Waals surface area contributed by atoms with Crippen LogP contribution >= 0.6 is 0 Å². The Morgan fingerprint density at radius 1 is 1.33 bits per heavy atom. The Kier molecular flexibility index (Phi) is 4.41. The van der Waals surface area contributed by atoms with E-state index in [9.17, 15) is 18.0 Å². The Bertz CT molecular complexity index is 525. The second-order valence-corrected chi connectivity index (χ2v) is 5.21. The number of nitrogens with one attached hydrogen (secondary N) is 1. The quantitative estimate of drug-likeness (QED) is 0.844. The first-order valence-electron chi connectivity index (χ1n) is 6.80. The summed E-state index contributed by atoms with van der Waals surface area (Å²) in [6.07, 6.45) is -2.46. The molecule has 0 saturated carbocycles. The van der Waals surface area contributed by atoms with E-state index in [1.165, 1.54) is 6.07 Å². The molecule has 0 bridgehead atoms. The van der Waals surface area contributed by atoms with Crippen LogP contribution in [-0.4, -0.2) is 29.9 Å². The number of halogens is 3. The fourth-order valence-corrected chi connectivity index (χ4v) is 2.42. The molecule has 1 fully saturated rings. The van der Waals surface area contributed by atoms with E-state index in [0.29, 0.717) is 0 Å². The maximum atomic E-state index is 12.8. The lowest BCUT2D eigenvalue weighted by Gasteiger charge is -2.23. The van der Waals surface area contributed by atoms with Crippen LogP contribution in [0.4, 0.5) is 24.5 Å². The van der Waals surface area contributed by atoms with Gasteiger partial charge in [0.2, 0.25) is 5.91 Å². The number of alkyl halides is 3. The van der Waals surface area contributed by atoms with Crippen LogP contribution in [0.25, 0.3) is 0 Å². The summed E-state index contributed by atoms with van der Waals surface area (Å²) in [6, 6.07) is 3.03. The zero-order valence-electron chi connectivity index (χ0n) is 11.7. The Balaban J connectivity index is 2.10. The molecule has 7 heteroatoms. The van der Waals surface area contributed by atoms with Gasteiger partial charge >= 0.3 is 6.18 Å². The molecule has 0 aliphatic carbocycles. The smallest absolute Gasteiger partial charge is 0.398 e. The molecule has 1 aromatic rings. The lowest BCUT2D eigenvalue weighted by Crippen LogP contribution is -2.40. The van der Waals surface area contributed by atoms with Gasteiger partial charge in [0.15, 0.2) is 0 Å². The lowest BCUT2D eigenvalue weighted by atomic mass is 10.1. The van der Waals surface area contributed by atoms with Crippen molar-refractivity contribution >= 4 is 17.3 Å². The highest BCUT2D eigenvalue weighted by Crippen LogP contribution is 2.35. The first-order chi connectivity index (χ1) is 9.79. The number of carbonyl (C=O) groups is 1. The first kappa shape index (κ1) is 15.6. The summed E-state index contributed by atoms with van der Waals surface area (Å²) in [7, 11) is 0. The first-order valence-corrected chi connectivity index (χ1v) is 6.80. The minimum Gasteiger partial charge on any atom is -0.398 e. The van der Waals surface area contributed by atoms with E-state index in [4.69, 9.17) is 5.73 Å². The van der Waals surface area contributed by atoms with Crippen molar-refractivity contribution in [3.05, 3.63) is 23.8 Å². The molecular formula is C14H18F3N3O. The predicted octanol–water partition coefficient (Wildman–Crippen LogP) is 2.71. The van der Waals surface area contributed by atoms with Crippen LogP contribution in [0.3, 0.4) is 0 Å². The fourth-order valence-electron chi connectivity index (χ4n) is 2.42. The Morgan fingerprint density at radius 2 is 1.95 bits per heavy atom. The van der Waals surface area contributed by atoms with E-state index in [2.05, 4.69) is 5.32 Å². The van der Waals surface area contributed by atoms with Crippen molar-refractivity contribution in [1.82, 2.24) is 4.90 Å². The molecule has 1 heterocycles. The van der Waals surface area contributed by atoms with Crippen molar-refractivity contribution in [2.45, 2.75) is 32.0 Å². The van der Waals surface area contributed by atoms with Gasteiger partial charge in [-0.05, 0) is 51.1 Å². The number of carbonyl (C=O) groups excluding carboxylic acids is 1. The molecule has 0 aromatic heterocycles. The number of rotatable bonds is 3. The monoisotopic (exact) mass is 301 g/mol. The molecule has 21 heavy (non-hydrogen) atoms. The van der Waals surface area contributed by atoms with Gasteiger partial charge in [-0.3, -0.25) is 9.69 Å². The van der Waals surface area contributed by atoms with Crippen LogP contribution in [0.5, 0.6) is 0 Å². The summed E-state index contributed by atoms with van der Waals surface area (Å²) in [4.78, 5) is 14.1. The van der Waals surface area contributed by atoms with Gasteiger partial charge < -0.3 is 11.1 Å². The van der Waals surface area contributed by atoms with Gasteiger partial charge in [0.1, 0.15) is 0 Å². The maximum absolute atomic E-state index is 12.8. The fraction of sp³-hybridized carbons (Fsp3) is 0.500. The summed E-state index contributed by atoms with van der Waals surface area (Å²) in [6.45, 7) is 3.43. The number of benzene rings is 1. The number of hydrogen-bond acceptors (Lipinski definition) is 3. The summed E-state index contributed by atoms with van der Waals surface area (Å²) in [5.74, 6) is -0.310. The van der Waals surface area contributed by atoms with Crippen molar-refractivity contribution in [2.75, 3.05) is 24.1 Å². The standard InChI is InChI=1S/C14H18F3N3O/c1-9(20-6-2-3-7-20)13(21)19-10-4-5-12(18)11(8-10)14(15,16)17/h4-5,8-9H,2-3,6-7,18H2,1H3,(H,19,21). The molecule has 1 amide bonds. The van der Waals surface area contributed by atoms with Crippen molar-refractivity contribution in [1.29, 1.82) is 0 Å². The van der Waals surface area contributed by atoms with E-state index in [1.54, 1.807) is 6.92 Å². The number of nitrogen functional groups attached to an aromatic ring is 1. The number of amides is 1. The molecule has 1 unspecified atom stereocenters. The van der Waals surface area contributed by atoms with Crippen molar-refractivity contribution < 1.29 is 18.0 Å². The molecule has 4 nitrogen and oxygen atoms in total. The highest BCUT2D eigenvalue weighted by atomic mass is 19.4. The van der Waals surface area contributed by atoms with Crippen LogP contribution in [0.2, 0.25) is 0 Å². The van der Waals surface area contributed by atoms with Gasteiger partial charge in [0.05, 0.1) is 11.6 Å². The third-order valence-corrected chi connectivity index (χ3v) is 3.69. The van der Waals surface area contributed by atoms with Crippen LogP contribution in [0.15, 0.2) is 18.2 Å². The van der Waals surface area contributed by atoms with Gasteiger partial charge in [-0.1, -0.05) is 0 Å². The van der Waals surface area contributed by atoms with Crippen LogP contribution in [0.1, 0.15) is 25.3 Å². The van der Waals surface area contributed by atoms with Gasteiger partial charge in [0, 0.05) is 11.4 Å². The topological polar surface area (TPSA) is 58.4 Å². The van der Waals surface area contributed by atoms with E-state index < -0.39 is 11.7 Å². The summed E-state index contributed by atoms with van der Waals surface area (Å²) >= 11 is 0. The summed E-state index contributed by atoms with van der Waals surface area (Å²) in [5.41, 5.74) is 4.14. The maximum Gasteiger partial charge on any atom is 0.418 e. The zero-order valence-corrected chi connectivity index (χ0v) is 11.7. The number of anilines is 2. The number of likely N-dealkylation sites (tertiary alicyclic amines) is 1. The molecule has 1 aromatic carbocycles. The minimum atomic E-state index is -4.54.